The lowest BCUT2D eigenvalue weighted by Crippen LogP contribution is -2.49. The Hall–Kier alpha value is -2.75. The minimum absolute atomic E-state index is 0.190. The van der Waals surface area contributed by atoms with E-state index in [-0.39, 0.29) is 18.8 Å². The van der Waals surface area contributed by atoms with E-state index in [0.29, 0.717) is 43.0 Å². The predicted molar refractivity (Wildman–Crippen MR) is 139 cm³/mol. The quantitative estimate of drug-likeness (QED) is 0.298. The number of hydrogen-bond acceptors (Lipinski definition) is 5. The topological polar surface area (TPSA) is 69.8 Å². The lowest BCUT2D eigenvalue weighted by Gasteiger charge is -2.42. The third kappa shape index (κ3) is 6.05. The smallest absolute Gasteiger partial charge is 0.283 e. The van der Waals surface area contributed by atoms with Gasteiger partial charge in [-0.05, 0) is 63.1 Å². The molecule has 4 rings (SSSR count). The second-order valence-corrected chi connectivity index (χ2v) is 9.78. The SMILES string of the molecule is COc1ccc(OC(C)CNCCCF)cc1C1c2[nH]c3ccccc3c2C[C@@H](C)N1CC(F)(F)CO. The molecule has 2 heterocycles. The summed E-state index contributed by atoms with van der Waals surface area (Å²) < 4.78 is 53.4. The molecule has 6 nitrogen and oxygen atoms in total. The zero-order valence-corrected chi connectivity index (χ0v) is 21.6. The first-order valence-corrected chi connectivity index (χ1v) is 12.7. The Balaban J connectivity index is 1.75. The van der Waals surface area contributed by atoms with Crippen molar-refractivity contribution in [3.8, 4) is 11.5 Å². The number of benzene rings is 2. The summed E-state index contributed by atoms with van der Waals surface area (Å²) in [6.45, 7) is 2.76. The molecule has 0 fully saturated rings. The average Bonchev–Trinajstić information content (AvgIpc) is 3.25. The molecule has 3 atom stereocenters. The van der Waals surface area contributed by atoms with Crippen molar-refractivity contribution in [1.29, 1.82) is 0 Å². The number of aliphatic hydroxyl groups is 1. The molecule has 3 N–H and O–H groups in total. The number of nitrogens with zero attached hydrogens (tertiary/aromatic N) is 1. The van der Waals surface area contributed by atoms with E-state index in [4.69, 9.17) is 9.47 Å². The number of ether oxygens (including phenoxy) is 2. The van der Waals surface area contributed by atoms with Crippen LogP contribution in [0.15, 0.2) is 42.5 Å². The summed E-state index contributed by atoms with van der Waals surface area (Å²) in [5.41, 5.74) is 3.57. The van der Waals surface area contributed by atoms with E-state index in [9.17, 15) is 18.3 Å². The van der Waals surface area contributed by atoms with Gasteiger partial charge in [-0.2, -0.15) is 0 Å². The Kier molecular flexibility index (Phi) is 8.67. The van der Waals surface area contributed by atoms with Crippen molar-refractivity contribution >= 4 is 10.9 Å². The number of alkyl halides is 3. The summed E-state index contributed by atoms with van der Waals surface area (Å²) in [7, 11) is 1.56. The van der Waals surface area contributed by atoms with Gasteiger partial charge in [0.05, 0.1) is 26.4 Å². The highest BCUT2D eigenvalue weighted by Gasteiger charge is 2.42. The monoisotopic (exact) mass is 519 g/mol. The molecule has 0 saturated carbocycles. The van der Waals surface area contributed by atoms with Gasteiger partial charge in [-0.15, -0.1) is 0 Å². The van der Waals surface area contributed by atoms with Crippen LogP contribution in [0.4, 0.5) is 13.2 Å². The van der Waals surface area contributed by atoms with Gasteiger partial charge in [0.2, 0.25) is 0 Å². The van der Waals surface area contributed by atoms with E-state index in [1.165, 1.54) is 0 Å². The first-order valence-electron chi connectivity index (χ1n) is 12.7. The highest BCUT2D eigenvalue weighted by Crippen LogP contribution is 2.45. The van der Waals surface area contributed by atoms with E-state index in [2.05, 4.69) is 10.3 Å². The maximum atomic E-state index is 14.6. The van der Waals surface area contributed by atoms with Gasteiger partial charge in [0.25, 0.3) is 5.92 Å². The van der Waals surface area contributed by atoms with Crippen molar-refractivity contribution in [3.63, 3.8) is 0 Å². The Morgan fingerprint density at radius 1 is 1.24 bits per heavy atom. The van der Waals surface area contributed by atoms with Crippen LogP contribution in [0.5, 0.6) is 11.5 Å². The van der Waals surface area contributed by atoms with Crippen LogP contribution in [0.1, 0.15) is 43.1 Å². The van der Waals surface area contributed by atoms with Crippen LogP contribution in [0, 0.1) is 0 Å². The van der Waals surface area contributed by atoms with Crippen LogP contribution in [0.3, 0.4) is 0 Å². The molecular weight excluding hydrogens is 483 g/mol. The van der Waals surface area contributed by atoms with E-state index in [1.54, 1.807) is 24.1 Å². The zero-order chi connectivity index (χ0) is 26.6. The van der Waals surface area contributed by atoms with Gasteiger partial charge in [0, 0.05) is 34.7 Å². The van der Waals surface area contributed by atoms with Crippen LogP contribution in [0.2, 0.25) is 0 Å². The Morgan fingerprint density at radius 2 is 2.03 bits per heavy atom. The maximum absolute atomic E-state index is 14.6. The van der Waals surface area contributed by atoms with Crippen LogP contribution in [-0.4, -0.2) is 73.1 Å². The summed E-state index contributed by atoms with van der Waals surface area (Å²) in [5.74, 6) is -2.13. The zero-order valence-electron chi connectivity index (χ0n) is 21.6. The number of para-hydroxylation sites is 1. The molecule has 0 radical (unpaired) electrons. The van der Waals surface area contributed by atoms with Crippen molar-refractivity contribution < 1.29 is 27.8 Å². The molecule has 2 aromatic carbocycles. The van der Waals surface area contributed by atoms with Crippen molar-refractivity contribution in [1.82, 2.24) is 15.2 Å². The van der Waals surface area contributed by atoms with Gasteiger partial charge < -0.3 is 24.9 Å². The normalized spacial score (nSPS) is 19.1. The molecule has 202 valence electrons. The second-order valence-electron chi connectivity index (χ2n) is 9.78. The molecule has 0 saturated heterocycles. The summed E-state index contributed by atoms with van der Waals surface area (Å²) in [6, 6.07) is 12.6. The third-order valence-electron chi connectivity index (χ3n) is 6.91. The number of methoxy groups -OCH3 is 1. The highest BCUT2D eigenvalue weighted by atomic mass is 19.3. The van der Waals surface area contributed by atoms with Gasteiger partial charge in [-0.3, -0.25) is 9.29 Å². The standard InChI is InChI=1S/C28H36F3N3O3/c1-18-13-22-21-7-4-5-8-24(21)33-26(22)27(34(18)16-28(30,31)17-35)23-14-20(9-10-25(23)36-3)37-19(2)15-32-12-6-11-29/h4-5,7-10,14,18-19,27,32-33,35H,6,11-13,15-17H2,1-3H3/t18-,19?,27?/m1/s1. The summed E-state index contributed by atoms with van der Waals surface area (Å²) >= 11 is 0. The molecule has 2 unspecified atom stereocenters. The molecule has 37 heavy (non-hydrogen) atoms. The number of nitrogens with one attached hydrogen (secondary N) is 2. The van der Waals surface area contributed by atoms with Crippen LogP contribution in [-0.2, 0) is 6.42 Å². The number of H-pyrrole nitrogens is 1. The van der Waals surface area contributed by atoms with E-state index < -0.39 is 25.1 Å². The average molecular weight is 520 g/mol. The minimum atomic E-state index is -3.27. The van der Waals surface area contributed by atoms with Crippen molar-refractivity contribution in [2.24, 2.45) is 0 Å². The van der Waals surface area contributed by atoms with Crippen molar-refractivity contribution in [3.05, 3.63) is 59.3 Å². The largest absolute Gasteiger partial charge is 0.496 e. The van der Waals surface area contributed by atoms with Gasteiger partial charge in [0.15, 0.2) is 0 Å². The fourth-order valence-corrected chi connectivity index (χ4v) is 5.18. The molecular formula is C28H36F3N3O3. The van der Waals surface area contributed by atoms with E-state index >= 15 is 0 Å². The molecule has 0 spiro atoms. The molecule has 0 bridgehead atoms. The summed E-state index contributed by atoms with van der Waals surface area (Å²) in [4.78, 5) is 5.22. The van der Waals surface area contributed by atoms with Gasteiger partial charge in [-0.1, -0.05) is 18.2 Å². The first kappa shape index (κ1) is 27.3. The fourth-order valence-electron chi connectivity index (χ4n) is 5.18. The first-order chi connectivity index (χ1) is 17.8. The molecule has 3 aromatic rings. The Labute approximate surface area is 215 Å². The Bertz CT molecular complexity index is 1190. The molecule has 1 aliphatic rings. The van der Waals surface area contributed by atoms with Crippen LogP contribution in [0.25, 0.3) is 10.9 Å². The van der Waals surface area contributed by atoms with Crippen LogP contribution >= 0.6 is 0 Å². The third-order valence-corrected chi connectivity index (χ3v) is 6.91. The number of hydrogen-bond donors (Lipinski definition) is 3. The number of aromatic amines is 1. The summed E-state index contributed by atoms with van der Waals surface area (Å²) in [6.07, 6.45) is 0.849. The number of fused-ring (bicyclic) bond motifs is 3. The molecule has 9 heteroatoms. The minimum Gasteiger partial charge on any atom is -0.496 e. The van der Waals surface area contributed by atoms with Crippen LogP contribution < -0.4 is 14.8 Å². The maximum Gasteiger partial charge on any atom is 0.283 e. The number of aliphatic hydroxyl groups excluding tert-OH is 1. The number of halogens is 3. The van der Waals surface area contributed by atoms with Gasteiger partial charge in [0.1, 0.15) is 24.2 Å². The molecule has 0 aliphatic carbocycles. The van der Waals surface area contributed by atoms with Gasteiger partial charge >= 0.3 is 0 Å². The lowest BCUT2D eigenvalue weighted by atomic mass is 9.87. The number of rotatable bonds is 12. The molecule has 0 amide bonds. The molecule has 1 aliphatic heterocycles. The highest BCUT2D eigenvalue weighted by molar-refractivity contribution is 5.85. The van der Waals surface area contributed by atoms with E-state index in [1.807, 2.05) is 44.2 Å². The van der Waals surface area contributed by atoms with Gasteiger partial charge in [-0.25, -0.2) is 8.78 Å². The Morgan fingerprint density at radius 3 is 2.76 bits per heavy atom. The molecule has 1 aromatic heterocycles. The summed E-state index contributed by atoms with van der Waals surface area (Å²) in [5, 5.41) is 13.6. The predicted octanol–water partition coefficient (Wildman–Crippen LogP) is 4.86. The van der Waals surface area contributed by atoms with E-state index in [0.717, 1.165) is 22.2 Å². The van der Waals surface area contributed by atoms with Crippen molar-refractivity contribution in [2.75, 3.05) is 40.0 Å². The van der Waals surface area contributed by atoms with Crippen molar-refractivity contribution in [2.45, 2.75) is 50.8 Å². The second kappa shape index (κ2) is 11.8. The fraction of sp³-hybridized carbons (Fsp3) is 0.500. The number of aromatic nitrogens is 1. The lowest BCUT2D eigenvalue weighted by molar-refractivity contribution is -0.0866.